The number of rotatable bonds is 0. The van der Waals surface area contributed by atoms with Crippen molar-refractivity contribution in [2.24, 2.45) is 0 Å². The summed E-state index contributed by atoms with van der Waals surface area (Å²) in [5, 5.41) is 2.58. The van der Waals surface area contributed by atoms with Gasteiger partial charge in [-0.15, -0.1) is 9.13 Å². The summed E-state index contributed by atoms with van der Waals surface area (Å²) < 4.78 is 5.00. The molecule has 0 aliphatic carbocycles. The van der Waals surface area contributed by atoms with Gasteiger partial charge in [-0.3, -0.25) is 0 Å². The van der Waals surface area contributed by atoms with Crippen LogP contribution in [0.5, 0.6) is 0 Å². The van der Waals surface area contributed by atoms with Crippen molar-refractivity contribution in [2.75, 3.05) is 0 Å². The Hall–Kier alpha value is -3.78. The standard InChI is InChI=1S/C28H20N2/c1-3-11-22-20(9-1)16-18-30-27(22)23-12-4-2-10-21(23)19-28(30)25-14-6-5-13-24(25)26-15-7-8-17-29(26)28/h1-18H,19H2/q+2/t28-/m0/s1. The van der Waals surface area contributed by atoms with E-state index in [0.29, 0.717) is 0 Å². The van der Waals surface area contributed by atoms with Gasteiger partial charge in [-0.2, -0.15) is 0 Å². The molecule has 2 aliphatic heterocycles. The van der Waals surface area contributed by atoms with Gasteiger partial charge in [-0.25, -0.2) is 0 Å². The highest BCUT2D eigenvalue weighted by Gasteiger charge is 2.62. The lowest BCUT2D eigenvalue weighted by atomic mass is 9.83. The van der Waals surface area contributed by atoms with Crippen LogP contribution in [0, 0.1) is 0 Å². The predicted octanol–water partition coefficient (Wildman–Crippen LogP) is 4.87. The van der Waals surface area contributed by atoms with E-state index >= 15 is 0 Å². The van der Waals surface area contributed by atoms with E-state index in [0.717, 1.165) is 6.42 Å². The Labute approximate surface area is 175 Å². The number of fused-ring (bicyclic) bond motifs is 11. The molecule has 2 heteroatoms. The monoisotopic (exact) mass is 384 g/mol. The number of hydrogen-bond acceptors (Lipinski definition) is 0. The van der Waals surface area contributed by atoms with Crippen molar-refractivity contribution in [3.8, 4) is 22.5 Å². The number of pyridine rings is 2. The van der Waals surface area contributed by atoms with Gasteiger partial charge in [0, 0.05) is 18.2 Å². The molecule has 1 spiro atoms. The van der Waals surface area contributed by atoms with E-state index in [9.17, 15) is 0 Å². The highest BCUT2D eigenvalue weighted by molar-refractivity contribution is 5.94. The van der Waals surface area contributed by atoms with Crippen LogP contribution in [0.4, 0.5) is 0 Å². The third-order valence-corrected chi connectivity index (χ3v) is 6.86. The summed E-state index contributed by atoms with van der Waals surface area (Å²) in [7, 11) is 0. The maximum Gasteiger partial charge on any atom is 0.393 e. The average molecular weight is 384 g/mol. The molecule has 0 bridgehead atoms. The second kappa shape index (κ2) is 5.64. The van der Waals surface area contributed by atoms with E-state index in [4.69, 9.17) is 0 Å². The van der Waals surface area contributed by atoms with E-state index in [1.807, 2.05) is 0 Å². The Morgan fingerprint density at radius 2 is 1.37 bits per heavy atom. The molecular formula is C28H20N2+2. The van der Waals surface area contributed by atoms with Crippen LogP contribution in [0.3, 0.4) is 0 Å². The molecular weight excluding hydrogens is 364 g/mol. The summed E-state index contributed by atoms with van der Waals surface area (Å²) in [6.07, 6.45) is 5.46. The summed E-state index contributed by atoms with van der Waals surface area (Å²) in [4.78, 5) is 0. The van der Waals surface area contributed by atoms with Crippen molar-refractivity contribution in [1.82, 2.24) is 0 Å². The molecule has 0 saturated carbocycles. The normalized spacial score (nSPS) is 18.0. The first-order valence-corrected chi connectivity index (χ1v) is 10.5. The molecule has 30 heavy (non-hydrogen) atoms. The van der Waals surface area contributed by atoms with E-state index < -0.39 is 0 Å². The number of benzene rings is 3. The van der Waals surface area contributed by atoms with Crippen molar-refractivity contribution >= 4 is 10.8 Å². The average Bonchev–Trinajstić information content (AvgIpc) is 3.09. The molecule has 5 aromatic rings. The van der Waals surface area contributed by atoms with Crippen LogP contribution in [0.15, 0.2) is 109 Å². The second-order valence-electron chi connectivity index (χ2n) is 8.27. The van der Waals surface area contributed by atoms with Crippen LogP contribution >= 0.6 is 0 Å². The maximum absolute atomic E-state index is 2.52. The van der Waals surface area contributed by atoms with Crippen molar-refractivity contribution < 1.29 is 9.13 Å². The van der Waals surface area contributed by atoms with E-state index in [1.165, 1.54) is 44.4 Å². The van der Waals surface area contributed by atoms with Gasteiger partial charge in [0.25, 0.3) is 0 Å². The number of nitrogens with zero attached hydrogens (tertiary/aromatic N) is 2. The topological polar surface area (TPSA) is 7.76 Å². The Kier molecular flexibility index (Phi) is 3.02. The summed E-state index contributed by atoms with van der Waals surface area (Å²) in [5.74, 6) is 0. The first-order chi connectivity index (χ1) is 14.9. The van der Waals surface area contributed by atoms with Crippen LogP contribution in [0.1, 0.15) is 11.1 Å². The summed E-state index contributed by atoms with van der Waals surface area (Å²) in [6, 6.07) is 35.3. The zero-order valence-corrected chi connectivity index (χ0v) is 16.5. The van der Waals surface area contributed by atoms with Gasteiger partial charge >= 0.3 is 5.66 Å². The Bertz CT molecular complexity index is 1440. The third-order valence-electron chi connectivity index (χ3n) is 6.86. The molecule has 4 heterocycles. The molecule has 0 radical (unpaired) electrons. The van der Waals surface area contributed by atoms with E-state index in [-0.39, 0.29) is 5.66 Å². The Morgan fingerprint density at radius 3 is 2.33 bits per heavy atom. The molecule has 2 aromatic heterocycles. The predicted molar refractivity (Wildman–Crippen MR) is 118 cm³/mol. The molecule has 7 rings (SSSR count). The van der Waals surface area contributed by atoms with Gasteiger partial charge in [0.2, 0.25) is 11.4 Å². The highest BCUT2D eigenvalue weighted by Crippen LogP contribution is 2.43. The minimum Gasteiger partial charge on any atom is -0.130 e. The van der Waals surface area contributed by atoms with Crippen LogP contribution in [0.2, 0.25) is 0 Å². The molecule has 0 N–H and O–H groups in total. The van der Waals surface area contributed by atoms with Crippen LogP contribution < -0.4 is 9.13 Å². The first-order valence-electron chi connectivity index (χ1n) is 10.5. The second-order valence-corrected chi connectivity index (χ2v) is 8.27. The number of aromatic nitrogens is 2. The SMILES string of the molecule is c1ccc2c(c1)C[C@@]1(c3ccccc3-c3cccc[n+]31)[n+]1ccc3ccccc3c1-2. The summed E-state index contributed by atoms with van der Waals surface area (Å²) >= 11 is 0. The maximum atomic E-state index is 2.52. The fraction of sp³-hybridized carbons (Fsp3) is 0.0714. The number of hydrogen-bond donors (Lipinski definition) is 0. The fourth-order valence-electron chi connectivity index (χ4n) is 5.65. The molecule has 140 valence electrons. The van der Waals surface area contributed by atoms with Crippen LogP contribution in [-0.4, -0.2) is 0 Å². The van der Waals surface area contributed by atoms with Crippen molar-refractivity contribution in [2.45, 2.75) is 12.1 Å². The van der Waals surface area contributed by atoms with Gasteiger partial charge in [-0.05, 0) is 41.3 Å². The van der Waals surface area contributed by atoms with Crippen LogP contribution in [0.25, 0.3) is 33.3 Å². The lowest BCUT2D eigenvalue weighted by molar-refractivity contribution is -0.971. The molecule has 0 amide bonds. The Balaban J connectivity index is 1.70. The smallest absolute Gasteiger partial charge is 0.130 e. The minimum atomic E-state index is -0.305. The zero-order valence-electron chi connectivity index (χ0n) is 16.5. The highest BCUT2D eigenvalue weighted by atomic mass is 15.3. The molecule has 0 unspecified atom stereocenters. The Morgan fingerprint density at radius 1 is 0.600 bits per heavy atom. The van der Waals surface area contributed by atoms with Crippen molar-refractivity contribution in [3.63, 3.8) is 0 Å². The lowest BCUT2D eigenvalue weighted by Gasteiger charge is -2.28. The van der Waals surface area contributed by atoms with Crippen LogP contribution in [-0.2, 0) is 12.1 Å². The largest absolute Gasteiger partial charge is 0.393 e. The summed E-state index contributed by atoms with van der Waals surface area (Å²) in [6.45, 7) is 0. The fourth-order valence-corrected chi connectivity index (χ4v) is 5.65. The zero-order chi connectivity index (χ0) is 19.7. The quantitative estimate of drug-likeness (QED) is 0.337. The van der Waals surface area contributed by atoms with Crippen molar-refractivity contribution in [3.05, 3.63) is 121 Å². The molecule has 2 aliphatic rings. The molecule has 3 aromatic carbocycles. The molecule has 2 nitrogen and oxygen atoms in total. The third kappa shape index (κ3) is 1.84. The first kappa shape index (κ1) is 16.1. The van der Waals surface area contributed by atoms with E-state index in [2.05, 4.69) is 119 Å². The molecule has 1 atom stereocenters. The minimum absolute atomic E-state index is 0.305. The molecule has 0 saturated heterocycles. The van der Waals surface area contributed by atoms with Gasteiger partial charge in [0.15, 0.2) is 12.4 Å². The summed E-state index contributed by atoms with van der Waals surface area (Å²) in [5.41, 5.74) is 7.69. The van der Waals surface area contributed by atoms with Gasteiger partial charge in [-0.1, -0.05) is 48.5 Å². The van der Waals surface area contributed by atoms with Gasteiger partial charge < -0.3 is 0 Å². The van der Waals surface area contributed by atoms with Gasteiger partial charge in [0.1, 0.15) is 12.0 Å². The molecule has 0 fully saturated rings. The van der Waals surface area contributed by atoms with Gasteiger partial charge in [0.05, 0.1) is 16.5 Å². The van der Waals surface area contributed by atoms with E-state index in [1.54, 1.807) is 0 Å². The lowest BCUT2D eigenvalue weighted by Crippen LogP contribution is -2.75. The van der Waals surface area contributed by atoms with Crippen molar-refractivity contribution in [1.29, 1.82) is 0 Å².